The lowest BCUT2D eigenvalue weighted by atomic mass is 10.2. The maximum atomic E-state index is 11.9. The maximum Gasteiger partial charge on any atom is 0.257 e. The molecule has 3 rings (SSSR count). The number of carboxylic acids is 1. The molecular formula is C18H14N3O5S-. The molecule has 0 aliphatic heterocycles. The Labute approximate surface area is 158 Å². The van der Waals surface area contributed by atoms with E-state index in [4.69, 9.17) is 9.15 Å². The van der Waals surface area contributed by atoms with E-state index in [9.17, 15) is 14.7 Å². The number of carboxylic acid groups (broad SMARTS) is 1. The molecule has 0 atom stereocenters. The molecule has 1 N–H and O–H groups in total. The van der Waals surface area contributed by atoms with Crippen molar-refractivity contribution in [2.45, 2.75) is 5.22 Å². The summed E-state index contributed by atoms with van der Waals surface area (Å²) in [6, 6.07) is 14.0. The van der Waals surface area contributed by atoms with E-state index in [1.54, 1.807) is 30.3 Å². The zero-order chi connectivity index (χ0) is 19.1. The number of nitrogens with one attached hydrogen (secondary N) is 1. The van der Waals surface area contributed by atoms with Crippen LogP contribution in [0.2, 0.25) is 0 Å². The molecule has 138 valence electrons. The number of para-hydroxylation sites is 3. The van der Waals surface area contributed by atoms with Crippen molar-refractivity contribution in [3.8, 4) is 5.75 Å². The molecule has 0 unspecified atom stereocenters. The van der Waals surface area contributed by atoms with Crippen molar-refractivity contribution in [1.29, 1.82) is 0 Å². The number of hydrazone groups is 1. The summed E-state index contributed by atoms with van der Waals surface area (Å²) < 4.78 is 10.6. The first-order valence-electron chi connectivity index (χ1n) is 7.84. The van der Waals surface area contributed by atoms with E-state index in [2.05, 4.69) is 15.5 Å². The molecule has 0 radical (unpaired) electrons. The van der Waals surface area contributed by atoms with E-state index in [-0.39, 0.29) is 11.7 Å². The van der Waals surface area contributed by atoms with Gasteiger partial charge in [-0.25, -0.2) is 10.4 Å². The van der Waals surface area contributed by atoms with Gasteiger partial charge < -0.3 is 19.1 Å². The third kappa shape index (κ3) is 5.32. The number of hydrogen-bond donors (Lipinski definition) is 1. The number of fused-ring (bicyclic) bond motifs is 1. The number of oxazole rings is 1. The highest BCUT2D eigenvalue weighted by Gasteiger charge is 2.08. The van der Waals surface area contributed by atoms with Gasteiger partial charge in [-0.1, -0.05) is 36.0 Å². The molecule has 1 amide bonds. The van der Waals surface area contributed by atoms with Crippen LogP contribution in [-0.2, 0) is 9.59 Å². The van der Waals surface area contributed by atoms with Gasteiger partial charge in [0.1, 0.15) is 17.9 Å². The summed E-state index contributed by atoms with van der Waals surface area (Å²) in [4.78, 5) is 26.6. The lowest BCUT2D eigenvalue weighted by Gasteiger charge is -2.08. The van der Waals surface area contributed by atoms with Crippen LogP contribution in [0.25, 0.3) is 11.1 Å². The summed E-state index contributed by atoms with van der Waals surface area (Å²) in [6.45, 7) is -0.571. The average Bonchev–Trinajstić information content (AvgIpc) is 3.08. The number of hydrogen-bond acceptors (Lipinski definition) is 8. The van der Waals surface area contributed by atoms with Gasteiger partial charge in [-0.2, -0.15) is 5.10 Å². The van der Waals surface area contributed by atoms with Crippen LogP contribution in [0.1, 0.15) is 5.56 Å². The van der Waals surface area contributed by atoms with Crippen LogP contribution in [0.15, 0.2) is 63.3 Å². The molecule has 0 saturated heterocycles. The largest absolute Gasteiger partial charge is 0.546 e. The van der Waals surface area contributed by atoms with Crippen LogP contribution in [-0.4, -0.2) is 35.4 Å². The minimum atomic E-state index is -1.33. The number of ether oxygens (including phenoxy) is 1. The highest BCUT2D eigenvalue weighted by Crippen LogP contribution is 2.22. The summed E-state index contributed by atoms with van der Waals surface area (Å²) in [5.41, 5.74) is 4.29. The number of thioether (sulfide) groups is 1. The van der Waals surface area contributed by atoms with Crippen LogP contribution in [0.4, 0.5) is 0 Å². The molecule has 27 heavy (non-hydrogen) atoms. The first-order chi connectivity index (χ1) is 13.1. The van der Waals surface area contributed by atoms with Crippen LogP contribution in [0, 0.1) is 0 Å². The van der Waals surface area contributed by atoms with E-state index >= 15 is 0 Å². The molecular weight excluding hydrogens is 370 g/mol. The Hall–Kier alpha value is -3.33. The van der Waals surface area contributed by atoms with Gasteiger partial charge in [0.05, 0.1) is 17.9 Å². The van der Waals surface area contributed by atoms with Crippen LogP contribution in [0.3, 0.4) is 0 Å². The Morgan fingerprint density at radius 1 is 1.22 bits per heavy atom. The highest BCUT2D eigenvalue weighted by molar-refractivity contribution is 7.99. The normalized spacial score (nSPS) is 11.0. The molecule has 2 aromatic carbocycles. The summed E-state index contributed by atoms with van der Waals surface area (Å²) in [6.07, 6.45) is 1.37. The Morgan fingerprint density at radius 2 is 2.00 bits per heavy atom. The van der Waals surface area contributed by atoms with E-state index in [1.807, 2.05) is 18.2 Å². The molecule has 0 aliphatic rings. The molecule has 9 heteroatoms. The van der Waals surface area contributed by atoms with Crippen molar-refractivity contribution in [2.75, 3.05) is 12.4 Å². The second-order valence-corrected chi connectivity index (χ2v) is 6.15. The van der Waals surface area contributed by atoms with Gasteiger partial charge in [-0.3, -0.25) is 4.79 Å². The molecule has 1 aromatic heterocycles. The smallest absolute Gasteiger partial charge is 0.257 e. The number of carbonyl (C=O) groups is 2. The van der Waals surface area contributed by atoms with Crippen molar-refractivity contribution < 1.29 is 23.8 Å². The summed E-state index contributed by atoms with van der Waals surface area (Å²) >= 11 is 1.15. The van der Waals surface area contributed by atoms with E-state index in [0.717, 1.165) is 17.3 Å². The molecule has 0 bridgehead atoms. The molecule has 0 fully saturated rings. The molecule has 3 aromatic rings. The zero-order valence-corrected chi connectivity index (χ0v) is 14.8. The van der Waals surface area contributed by atoms with Crippen molar-refractivity contribution in [1.82, 2.24) is 10.4 Å². The van der Waals surface area contributed by atoms with Gasteiger partial charge in [0.15, 0.2) is 5.58 Å². The monoisotopic (exact) mass is 384 g/mol. The number of benzene rings is 2. The number of nitrogens with zero attached hydrogens (tertiary/aromatic N) is 2. The average molecular weight is 384 g/mol. The zero-order valence-electron chi connectivity index (χ0n) is 14.0. The third-order valence-corrected chi connectivity index (χ3v) is 4.09. The highest BCUT2D eigenvalue weighted by atomic mass is 32.2. The fourth-order valence-corrected chi connectivity index (χ4v) is 2.73. The van der Waals surface area contributed by atoms with Crippen molar-refractivity contribution in [3.05, 3.63) is 54.1 Å². The van der Waals surface area contributed by atoms with Gasteiger partial charge in [0.2, 0.25) is 0 Å². The Kier molecular flexibility index (Phi) is 6.06. The standard InChI is InChI=1S/C18H15N3O5S/c22-16(11-27-18-20-13-6-2-4-8-15(13)26-18)21-19-9-12-5-1-3-7-14(12)25-10-17(23)24/h1-9H,10-11H2,(H,21,22)(H,23,24)/p-1/b19-9+. The number of rotatable bonds is 8. The van der Waals surface area contributed by atoms with Crippen LogP contribution >= 0.6 is 11.8 Å². The second-order valence-electron chi connectivity index (χ2n) is 5.23. The van der Waals surface area contributed by atoms with Crippen molar-refractivity contribution in [2.24, 2.45) is 5.10 Å². The fourth-order valence-electron chi connectivity index (χ4n) is 2.10. The predicted octanol–water partition coefficient (Wildman–Crippen LogP) is 1.20. The topological polar surface area (TPSA) is 117 Å². The van der Waals surface area contributed by atoms with Gasteiger partial charge in [-0.15, -0.1) is 0 Å². The summed E-state index contributed by atoms with van der Waals surface area (Å²) in [7, 11) is 0. The minimum absolute atomic E-state index is 0.0764. The van der Waals surface area contributed by atoms with Gasteiger partial charge in [-0.05, 0) is 24.3 Å². The summed E-state index contributed by atoms with van der Waals surface area (Å²) in [5, 5.41) is 14.7. The molecule has 0 spiro atoms. The predicted molar refractivity (Wildman–Crippen MR) is 97.4 cm³/mol. The lowest BCUT2D eigenvalue weighted by Crippen LogP contribution is -2.29. The van der Waals surface area contributed by atoms with E-state index in [1.165, 1.54) is 6.21 Å². The third-order valence-electron chi connectivity index (χ3n) is 3.26. The lowest BCUT2D eigenvalue weighted by molar-refractivity contribution is -0.307. The quantitative estimate of drug-likeness (QED) is 0.352. The first kappa shape index (κ1) is 18.5. The van der Waals surface area contributed by atoms with Crippen molar-refractivity contribution in [3.63, 3.8) is 0 Å². The molecule has 8 nitrogen and oxygen atoms in total. The fraction of sp³-hybridized carbons (Fsp3) is 0.111. The van der Waals surface area contributed by atoms with Crippen molar-refractivity contribution >= 4 is 41.0 Å². The minimum Gasteiger partial charge on any atom is -0.546 e. The SMILES string of the molecule is O=C([O-])COc1ccccc1/C=N/NC(=O)CSc1nc2ccccc2o1. The van der Waals surface area contributed by atoms with Gasteiger partial charge in [0.25, 0.3) is 11.1 Å². The van der Waals surface area contributed by atoms with Gasteiger partial charge in [0, 0.05) is 5.56 Å². The number of aliphatic carboxylic acids is 1. The van der Waals surface area contributed by atoms with Crippen LogP contribution in [0.5, 0.6) is 5.75 Å². The maximum absolute atomic E-state index is 11.9. The Morgan fingerprint density at radius 3 is 2.81 bits per heavy atom. The second kappa shape index (κ2) is 8.86. The molecule has 0 aliphatic carbocycles. The molecule has 0 saturated carbocycles. The summed E-state index contributed by atoms with van der Waals surface area (Å²) in [5.74, 6) is -1.27. The Balaban J connectivity index is 1.52. The number of carbonyl (C=O) groups excluding carboxylic acids is 2. The first-order valence-corrected chi connectivity index (χ1v) is 8.82. The van der Waals surface area contributed by atoms with Gasteiger partial charge >= 0.3 is 0 Å². The molecule has 1 heterocycles. The van der Waals surface area contributed by atoms with E-state index in [0.29, 0.717) is 22.1 Å². The number of aromatic nitrogens is 1. The number of amides is 1. The van der Waals surface area contributed by atoms with E-state index < -0.39 is 12.6 Å². The Bertz CT molecular complexity index is 953. The van der Waals surface area contributed by atoms with Crippen LogP contribution < -0.4 is 15.3 Å².